The first-order chi connectivity index (χ1) is 13.5. The Labute approximate surface area is 176 Å². The second kappa shape index (κ2) is 9.52. The number of benzene rings is 1. The van der Waals surface area contributed by atoms with E-state index in [2.05, 4.69) is 0 Å². The highest BCUT2D eigenvalue weighted by Crippen LogP contribution is 2.27. The molecule has 1 aromatic carbocycles. The van der Waals surface area contributed by atoms with Gasteiger partial charge in [0.2, 0.25) is 5.91 Å². The molecule has 0 bridgehead atoms. The van der Waals surface area contributed by atoms with E-state index in [9.17, 15) is 19.5 Å². The third kappa shape index (κ3) is 5.88. The molecule has 0 aromatic heterocycles. The molecule has 1 N–H and O–H groups in total. The Kier molecular flexibility index (Phi) is 7.57. The van der Waals surface area contributed by atoms with Crippen LogP contribution in [0.15, 0.2) is 24.3 Å². The van der Waals surface area contributed by atoms with Gasteiger partial charge in [-0.1, -0.05) is 24.3 Å². The van der Waals surface area contributed by atoms with Crippen molar-refractivity contribution in [3.05, 3.63) is 35.4 Å². The van der Waals surface area contributed by atoms with Crippen LogP contribution in [0.2, 0.25) is 0 Å². The second-order valence-electron chi connectivity index (χ2n) is 8.18. The van der Waals surface area contributed by atoms with E-state index < -0.39 is 29.7 Å². The highest BCUT2D eigenvalue weighted by Gasteiger charge is 2.40. The van der Waals surface area contributed by atoms with E-state index >= 15 is 0 Å². The lowest BCUT2D eigenvalue weighted by Crippen LogP contribution is -2.56. The number of aliphatic carboxylic acids is 1. The highest BCUT2D eigenvalue weighted by atomic mass is 32.2. The average molecular weight is 423 g/mol. The quantitative estimate of drug-likeness (QED) is 0.758. The fourth-order valence-electron chi connectivity index (χ4n) is 3.36. The number of rotatable bonds is 6. The molecule has 0 spiro atoms. The van der Waals surface area contributed by atoms with Crippen molar-refractivity contribution in [2.75, 3.05) is 19.1 Å². The van der Waals surface area contributed by atoms with Gasteiger partial charge in [-0.05, 0) is 50.3 Å². The molecule has 2 atom stereocenters. The van der Waals surface area contributed by atoms with Crippen LogP contribution in [0, 0.1) is 0 Å². The van der Waals surface area contributed by atoms with Gasteiger partial charge in [0.1, 0.15) is 17.7 Å². The predicted octanol–water partition coefficient (Wildman–Crippen LogP) is 3.01. The molecule has 0 aliphatic carbocycles. The van der Waals surface area contributed by atoms with E-state index in [1.165, 1.54) is 28.6 Å². The summed E-state index contributed by atoms with van der Waals surface area (Å²) in [4.78, 5) is 40.6. The number of carboxylic acids is 1. The molecule has 0 saturated heterocycles. The van der Waals surface area contributed by atoms with E-state index in [0.717, 1.165) is 11.1 Å². The Morgan fingerprint density at radius 3 is 2.45 bits per heavy atom. The number of carbonyl (C=O) groups excluding carboxylic acids is 2. The molecule has 1 aliphatic heterocycles. The number of carboxylic acid groups (broad SMARTS) is 1. The van der Waals surface area contributed by atoms with Crippen LogP contribution in [0.1, 0.15) is 38.3 Å². The zero-order valence-electron chi connectivity index (χ0n) is 17.7. The zero-order chi connectivity index (χ0) is 21.8. The van der Waals surface area contributed by atoms with Gasteiger partial charge in [-0.15, -0.1) is 0 Å². The van der Waals surface area contributed by atoms with Gasteiger partial charge in [-0.3, -0.25) is 9.69 Å². The van der Waals surface area contributed by atoms with Crippen molar-refractivity contribution in [1.29, 1.82) is 0 Å². The highest BCUT2D eigenvalue weighted by molar-refractivity contribution is 7.98. The molecule has 29 heavy (non-hydrogen) atoms. The number of thioether (sulfide) groups is 1. The van der Waals surface area contributed by atoms with Crippen LogP contribution in [0.5, 0.6) is 0 Å². The molecule has 1 aromatic rings. The lowest BCUT2D eigenvalue weighted by Gasteiger charge is -2.39. The molecule has 2 rings (SSSR count). The summed E-state index contributed by atoms with van der Waals surface area (Å²) in [6.07, 6.45) is 1.99. The minimum Gasteiger partial charge on any atom is -0.480 e. The summed E-state index contributed by atoms with van der Waals surface area (Å²) in [5.41, 5.74) is 1.24. The third-order valence-corrected chi connectivity index (χ3v) is 5.50. The molecule has 160 valence electrons. The van der Waals surface area contributed by atoms with Gasteiger partial charge in [0.15, 0.2) is 0 Å². The molecule has 0 fully saturated rings. The fraction of sp³-hybridized carbons (Fsp3) is 0.571. The summed E-state index contributed by atoms with van der Waals surface area (Å²) in [6, 6.07) is 5.91. The van der Waals surface area contributed by atoms with Crippen LogP contribution in [0.25, 0.3) is 0 Å². The Balaban J connectivity index is 2.32. The first-order valence-electron chi connectivity index (χ1n) is 9.60. The SMILES string of the molecule is CSCCC(C(=O)O)N(C)C(=O)C1Cc2ccccc2CN1C(=O)OC(C)(C)C. The number of nitrogens with zero attached hydrogens (tertiary/aromatic N) is 2. The normalized spacial score (nSPS) is 17.3. The van der Waals surface area contributed by atoms with Crippen molar-refractivity contribution < 1.29 is 24.2 Å². The molecule has 8 heteroatoms. The van der Waals surface area contributed by atoms with E-state index in [-0.39, 0.29) is 12.5 Å². The molecule has 0 radical (unpaired) electrons. The summed E-state index contributed by atoms with van der Waals surface area (Å²) < 4.78 is 5.52. The first-order valence-corrected chi connectivity index (χ1v) is 11.0. The largest absolute Gasteiger partial charge is 0.480 e. The van der Waals surface area contributed by atoms with Gasteiger partial charge in [0.25, 0.3) is 0 Å². The van der Waals surface area contributed by atoms with E-state index in [4.69, 9.17) is 4.74 Å². The topological polar surface area (TPSA) is 87.2 Å². The van der Waals surface area contributed by atoms with Crippen molar-refractivity contribution in [3.8, 4) is 0 Å². The lowest BCUT2D eigenvalue weighted by molar-refractivity contribution is -0.151. The first kappa shape index (κ1) is 23.1. The molecule has 7 nitrogen and oxygen atoms in total. The number of carbonyl (C=O) groups is 3. The Bertz CT molecular complexity index is 762. The predicted molar refractivity (Wildman–Crippen MR) is 113 cm³/mol. The zero-order valence-corrected chi connectivity index (χ0v) is 18.5. The Morgan fingerprint density at radius 2 is 1.90 bits per heavy atom. The number of hydrogen-bond acceptors (Lipinski definition) is 5. The maximum atomic E-state index is 13.3. The van der Waals surface area contributed by atoms with Crippen molar-refractivity contribution in [3.63, 3.8) is 0 Å². The third-order valence-electron chi connectivity index (χ3n) is 4.86. The summed E-state index contributed by atoms with van der Waals surface area (Å²) in [5, 5.41) is 9.59. The standard InChI is InChI=1S/C21H30N2O5S/c1-21(2,3)28-20(27)23-13-15-9-7-6-8-14(15)12-17(23)18(24)22(4)16(19(25)26)10-11-29-5/h6-9,16-17H,10-13H2,1-5H3,(H,25,26). The van der Waals surface area contributed by atoms with Crippen LogP contribution in [0.4, 0.5) is 4.79 Å². The van der Waals surface area contributed by atoms with Gasteiger partial charge >= 0.3 is 12.1 Å². The minimum atomic E-state index is -1.05. The summed E-state index contributed by atoms with van der Waals surface area (Å²) in [7, 11) is 1.50. The van der Waals surface area contributed by atoms with Gasteiger partial charge in [-0.2, -0.15) is 11.8 Å². The van der Waals surface area contributed by atoms with E-state index in [1.807, 2.05) is 30.5 Å². The Morgan fingerprint density at radius 1 is 1.28 bits per heavy atom. The maximum Gasteiger partial charge on any atom is 0.411 e. The van der Waals surface area contributed by atoms with Crippen LogP contribution < -0.4 is 0 Å². The molecular weight excluding hydrogens is 392 g/mol. The Hall–Kier alpha value is -2.22. The van der Waals surface area contributed by atoms with Gasteiger partial charge in [0, 0.05) is 13.5 Å². The molecular formula is C21H30N2O5S. The van der Waals surface area contributed by atoms with Crippen LogP contribution in [0.3, 0.4) is 0 Å². The molecule has 0 saturated carbocycles. The fourth-order valence-corrected chi connectivity index (χ4v) is 3.82. The second-order valence-corrected chi connectivity index (χ2v) is 9.17. The summed E-state index contributed by atoms with van der Waals surface area (Å²) in [5.74, 6) is -0.813. The molecule has 1 aliphatic rings. The van der Waals surface area contributed by atoms with Crippen molar-refractivity contribution in [2.45, 2.75) is 57.8 Å². The number of hydrogen-bond donors (Lipinski definition) is 1. The van der Waals surface area contributed by atoms with Crippen molar-refractivity contribution in [1.82, 2.24) is 9.80 Å². The summed E-state index contributed by atoms with van der Waals surface area (Å²) in [6.45, 7) is 5.57. The molecule has 2 amide bonds. The van der Waals surface area contributed by atoms with Gasteiger partial charge in [-0.25, -0.2) is 9.59 Å². The average Bonchev–Trinajstić information content (AvgIpc) is 2.64. The molecule has 2 unspecified atom stereocenters. The van der Waals surface area contributed by atoms with Gasteiger partial charge < -0.3 is 14.7 Å². The maximum absolute atomic E-state index is 13.3. The van der Waals surface area contributed by atoms with Crippen molar-refractivity contribution in [2.24, 2.45) is 0 Å². The van der Waals surface area contributed by atoms with Crippen molar-refractivity contribution >= 4 is 29.7 Å². The van der Waals surface area contributed by atoms with E-state index in [1.54, 1.807) is 20.8 Å². The minimum absolute atomic E-state index is 0.248. The number of amides is 2. The number of likely N-dealkylation sites (N-methyl/N-ethyl adjacent to an activating group) is 1. The van der Waals surface area contributed by atoms with Crippen LogP contribution in [-0.2, 0) is 27.3 Å². The number of fused-ring (bicyclic) bond motifs is 1. The monoisotopic (exact) mass is 422 g/mol. The van der Waals surface area contributed by atoms with E-state index in [0.29, 0.717) is 18.6 Å². The van der Waals surface area contributed by atoms with Crippen LogP contribution >= 0.6 is 11.8 Å². The lowest BCUT2D eigenvalue weighted by atomic mass is 9.93. The number of ether oxygens (including phenoxy) is 1. The van der Waals surface area contributed by atoms with Crippen LogP contribution in [-0.4, -0.2) is 69.6 Å². The van der Waals surface area contributed by atoms with Gasteiger partial charge in [0.05, 0.1) is 6.54 Å². The summed E-state index contributed by atoms with van der Waals surface area (Å²) >= 11 is 1.53. The smallest absolute Gasteiger partial charge is 0.411 e. The molecule has 1 heterocycles.